The lowest BCUT2D eigenvalue weighted by atomic mass is 10.1. The van der Waals surface area contributed by atoms with Gasteiger partial charge in [-0.15, -0.1) is 11.8 Å². The van der Waals surface area contributed by atoms with E-state index in [9.17, 15) is 5.11 Å². The molecule has 0 radical (unpaired) electrons. The summed E-state index contributed by atoms with van der Waals surface area (Å²) in [7, 11) is 0. The number of halogens is 1. The highest BCUT2D eigenvalue weighted by Gasteiger charge is 2.25. The van der Waals surface area contributed by atoms with Crippen molar-refractivity contribution in [3.8, 4) is 0 Å². The lowest BCUT2D eigenvalue weighted by Gasteiger charge is -2.27. The van der Waals surface area contributed by atoms with Gasteiger partial charge < -0.3 is 15.3 Å². The van der Waals surface area contributed by atoms with Crippen LogP contribution in [0.2, 0.25) is 0 Å². The number of fused-ring (bicyclic) bond motifs is 1. The molecular formula is C11H12ClN3OS. The molecule has 0 bridgehead atoms. The summed E-state index contributed by atoms with van der Waals surface area (Å²) < 4.78 is 0. The first-order valence-corrected chi connectivity index (χ1v) is 6.78. The van der Waals surface area contributed by atoms with Crippen molar-refractivity contribution in [1.82, 2.24) is 10.2 Å². The Morgan fingerprint density at radius 1 is 1.59 bits per heavy atom. The fraction of sp³-hybridized carbons (Fsp3) is 0.364. The molecule has 0 amide bonds. The number of hydrogen-bond donors (Lipinski definition) is 2. The molecule has 3 aliphatic rings. The third kappa shape index (κ3) is 2.10. The van der Waals surface area contributed by atoms with Crippen molar-refractivity contribution >= 4 is 29.3 Å². The van der Waals surface area contributed by atoms with E-state index < -0.39 is 6.10 Å². The van der Waals surface area contributed by atoms with E-state index in [1.807, 2.05) is 18.2 Å². The summed E-state index contributed by atoms with van der Waals surface area (Å²) >= 11 is 7.63. The van der Waals surface area contributed by atoms with Crippen molar-refractivity contribution in [2.24, 2.45) is 4.99 Å². The first-order valence-electron chi connectivity index (χ1n) is 5.42. The Morgan fingerprint density at radius 2 is 2.47 bits per heavy atom. The van der Waals surface area contributed by atoms with Gasteiger partial charge in [0.15, 0.2) is 0 Å². The Morgan fingerprint density at radius 3 is 3.35 bits per heavy atom. The Kier molecular flexibility index (Phi) is 2.90. The van der Waals surface area contributed by atoms with Gasteiger partial charge in [0.2, 0.25) is 5.96 Å². The number of nitrogens with one attached hydrogen (secondary N) is 1. The Bertz CT molecular complexity index is 469. The zero-order chi connectivity index (χ0) is 11.8. The van der Waals surface area contributed by atoms with Crippen LogP contribution in [-0.4, -0.2) is 34.5 Å². The molecule has 0 spiro atoms. The summed E-state index contributed by atoms with van der Waals surface area (Å²) in [4.78, 5) is 7.65. The molecule has 90 valence electrons. The predicted octanol–water partition coefficient (Wildman–Crippen LogP) is 1.56. The quantitative estimate of drug-likeness (QED) is 0.656. The molecule has 0 saturated heterocycles. The summed E-state index contributed by atoms with van der Waals surface area (Å²) in [5, 5.41) is 13.6. The van der Waals surface area contributed by atoms with Gasteiger partial charge in [0.05, 0.1) is 11.6 Å². The van der Waals surface area contributed by atoms with Crippen molar-refractivity contribution in [3.05, 3.63) is 34.0 Å². The van der Waals surface area contributed by atoms with Gasteiger partial charge in [-0.2, -0.15) is 0 Å². The lowest BCUT2D eigenvalue weighted by Crippen LogP contribution is -2.43. The van der Waals surface area contributed by atoms with Crippen LogP contribution in [0.3, 0.4) is 0 Å². The van der Waals surface area contributed by atoms with E-state index in [1.54, 1.807) is 11.8 Å². The molecule has 6 heteroatoms. The van der Waals surface area contributed by atoms with Crippen LogP contribution in [-0.2, 0) is 0 Å². The number of aliphatic imine (C=N–C) groups is 1. The Balaban J connectivity index is 1.98. The maximum absolute atomic E-state index is 9.96. The van der Waals surface area contributed by atoms with Gasteiger partial charge in [-0.3, -0.25) is 0 Å². The number of allylic oxidation sites excluding steroid dienone is 1. The topological polar surface area (TPSA) is 47.9 Å². The minimum absolute atomic E-state index is 0.513. The fourth-order valence-electron chi connectivity index (χ4n) is 1.90. The molecule has 0 aromatic rings. The minimum Gasteiger partial charge on any atom is -0.386 e. The largest absolute Gasteiger partial charge is 0.386 e. The molecule has 2 heterocycles. The SMILES string of the molecule is O[C@@H]1CC=CC2=C1N=C1NC(Cl)=CCN1CS2. The summed E-state index contributed by atoms with van der Waals surface area (Å²) in [6.45, 7) is 0.748. The Labute approximate surface area is 109 Å². The fourth-order valence-corrected chi connectivity index (χ4v) is 3.10. The molecule has 17 heavy (non-hydrogen) atoms. The monoisotopic (exact) mass is 269 g/mol. The van der Waals surface area contributed by atoms with Crippen molar-refractivity contribution in [1.29, 1.82) is 0 Å². The second-order valence-corrected chi connectivity index (χ2v) is 5.41. The van der Waals surface area contributed by atoms with E-state index >= 15 is 0 Å². The lowest BCUT2D eigenvalue weighted by molar-refractivity contribution is 0.211. The first kappa shape index (κ1) is 11.2. The number of aliphatic hydroxyl groups is 1. The number of thioether (sulfide) groups is 1. The maximum Gasteiger partial charge on any atom is 0.205 e. The number of nitrogens with zero attached hydrogens (tertiary/aromatic N) is 2. The van der Waals surface area contributed by atoms with Crippen LogP contribution < -0.4 is 5.32 Å². The minimum atomic E-state index is -0.513. The molecular weight excluding hydrogens is 258 g/mol. The average Bonchev–Trinajstić information content (AvgIpc) is 2.49. The van der Waals surface area contributed by atoms with Crippen LogP contribution in [0.5, 0.6) is 0 Å². The maximum atomic E-state index is 9.96. The molecule has 1 aliphatic carbocycles. The smallest absolute Gasteiger partial charge is 0.205 e. The third-order valence-electron chi connectivity index (χ3n) is 2.82. The molecule has 3 rings (SSSR count). The van der Waals surface area contributed by atoms with E-state index in [0.717, 1.165) is 29.0 Å². The van der Waals surface area contributed by atoms with Gasteiger partial charge in [0.25, 0.3) is 0 Å². The van der Waals surface area contributed by atoms with E-state index in [1.165, 1.54) is 0 Å². The number of hydrogen-bond acceptors (Lipinski definition) is 5. The highest BCUT2D eigenvalue weighted by molar-refractivity contribution is 8.03. The normalized spacial score (nSPS) is 27.6. The molecule has 1 atom stereocenters. The highest BCUT2D eigenvalue weighted by Crippen LogP contribution is 2.32. The summed E-state index contributed by atoms with van der Waals surface area (Å²) in [5.74, 6) is 1.53. The van der Waals surface area contributed by atoms with E-state index in [2.05, 4.69) is 15.2 Å². The number of guanidine groups is 1. The van der Waals surface area contributed by atoms with Crippen molar-refractivity contribution in [2.75, 3.05) is 12.4 Å². The average molecular weight is 270 g/mol. The number of aliphatic hydroxyl groups excluding tert-OH is 1. The van der Waals surface area contributed by atoms with Crippen LogP contribution in [0, 0.1) is 0 Å². The third-order valence-corrected chi connectivity index (χ3v) is 4.17. The molecule has 2 aliphatic heterocycles. The Hall–Kier alpha value is -0.910. The van der Waals surface area contributed by atoms with Crippen LogP contribution in [0.4, 0.5) is 0 Å². The van der Waals surface area contributed by atoms with E-state index in [4.69, 9.17) is 11.6 Å². The van der Waals surface area contributed by atoms with Gasteiger partial charge in [-0.25, -0.2) is 4.99 Å². The van der Waals surface area contributed by atoms with Crippen molar-refractivity contribution in [3.63, 3.8) is 0 Å². The van der Waals surface area contributed by atoms with Crippen LogP contribution >= 0.6 is 23.4 Å². The number of rotatable bonds is 0. The predicted molar refractivity (Wildman–Crippen MR) is 70.5 cm³/mol. The van der Waals surface area contributed by atoms with Crippen molar-refractivity contribution < 1.29 is 5.11 Å². The van der Waals surface area contributed by atoms with E-state index in [-0.39, 0.29) is 0 Å². The summed E-state index contributed by atoms with van der Waals surface area (Å²) in [6.07, 6.45) is 6.04. The van der Waals surface area contributed by atoms with Crippen LogP contribution in [0.1, 0.15) is 6.42 Å². The zero-order valence-electron chi connectivity index (χ0n) is 9.06. The molecule has 4 nitrogen and oxygen atoms in total. The van der Waals surface area contributed by atoms with Crippen LogP contribution in [0.15, 0.2) is 39.0 Å². The molecule has 0 saturated carbocycles. The summed E-state index contributed by atoms with van der Waals surface area (Å²) in [5.41, 5.74) is 0.744. The van der Waals surface area contributed by atoms with Crippen LogP contribution in [0.25, 0.3) is 0 Å². The standard InChI is InChI=1S/C11H12ClN3OS/c12-9-4-5-15-6-17-8-3-1-2-7(16)10(8)14-11(15)13-9/h1,3-4,7,16H,2,5-6H2,(H,13,14)/t7-/m1/s1. The molecule has 0 unspecified atom stereocenters. The first-order chi connectivity index (χ1) is 8.24. The summed E-state index contributed by atoms with van der Waals surface area (Å²) in [6, 6.07) is 0. The molecule has 0 fully saturated rings. The second-order valence-electron chi connectivity index (χ2n) is 4.01. The highest BCUT2D eigenvalue weighted by atomic mass is 35.5. The molecule has 2 N–H and O–H groups in total. The van der Waals surface area contributed by atoms with E-state index in [0.29, 0.717) is 11.6 Å². The van der Waals surface area contributed by atoms with Gasteiger partial charge in [-0.1, -0.05) is 23.8 Å². The van der Waals surface area contributed by atoms with Gasteiger partial charge in [0, 0.05) is 11.4 Å². The van der Waals surface area contributed by atoms with Gasteiger partial charge >= 0.3 is 0 Å². The van der Waals surface area contributed by atoms with Gasteiger partial charge in [0.1, 0.15) is 11.3 Å². The zero-order valence-corrected chi connectivity index (χ0v) is 10.6. The van der Waals surface area contributed by atoms with Crippen molar-refractivity contribution in [2.45, 2.75) is 12.5 Å². The molecule has 0 aromatic heterocycles. The van der Waals surface area contributed by atoms with Gasteiger partial charge in [-0.05, 0) is 12.5 Å². The molecule has 0 aromatic carbocycles. The second kappa shape index (κ2) is 4.40.